The molecule has 8 nitrogen and oxygen atoms in total. The number of fused-ring (bicyclic) bond motifs is 1. The molecule has 0 saturated carbocycles. The number of hydrogen-bond donors (Lipinski definition) is 2. The Morgan fingerprint density at radius 2 is 1.69 bits per heavy atom. The van der Waals surface area contributed by atoms with Crippen molar-refractivity contribution in [3.63, 3.8) is 0 Å². The van der Waals surface area contributed by atoms with E-state index >= 15 is 0 Å². The van der Waals surface area contributed by atoms with Gasteiger partial charge < -0.3 is 11.1 Å². The molecule has 1 amide bonds. The number of nitrogens with zero attached hydrogens (tertiary/aromatic N) is 1. The topological polar surface area (TPSA) is 128 Å². The molecule has 0 atom stereocenters. The van der Waals surface area contributed by atoms with Crippen molar-refractivity contribution >= 4 is 38.8 Å². The van der Waals surface area contributed by atoms with E-state index in [0.717, 1.165) is 10.0 Å². The lowest BCUT2D eigenvalue weighted by molar-refractivity contribution is -0.118. The van der Waals surface area contributed by atoms with Crippen LogP contribution in [-0.4, -0.2) is 36.4 Å². The van der Waals surface area contributed by atoms with E-state index in [1.54, 1.807) is 30.3 Å². The van der Waals surface area contributed by atoms with E-state index in [9.17, 15) is 22.8 Å². The van der Waals surface area contributed by atoms with Crippen molar-refractivity contribution < 1.29 is 22.8 Å². The first kappa shape index (κ1) is 21.3. The highest BCUT2D eigenvalue weighted by Gasteiger charge is 2.36. The quantitative estimate of drug-likeness (QED) is 0.454. The van der Waals surface area contributed by atoms with Crippen molar-refractivity contribution in [1.29, 1.82) is 0 Å². The van der Waals surface area contributed by atoms with Gasteiger partial charge in [0.05, 0.1) is 16.2 Å². The highest BCUT2D eigenvalue weighted by Crippen LogP contribution is 2.37. The fraction of sp³-hybridized carbons (Fsp3) is 0.0870. The molecule has 9 heteroatoms. The molecule has 4 rings (SSSR count). The predicted octanol–water partition coefficient (Wildman–Crippen LogP) is 2.26. The molecule has 1 aromatic heterocycles. The minimum Gasteiger partial charge on any atom is -0.399 e. The van der Waals surface area contributed by atoms with Gasteiger partial charge in [-0.15, -0.1) is 0 Å². The summed E-state index contributed by atoms with van der Waals surface area (Å²) in [7, 11) is -4.15. The summed E-state index contributed by atoms with van der Waals surface area (Å²) in [6, 6.07) is 14.4. The molecule has 1 aliphatic carbocycles. The number of nitrogen functional groups attached to an aromatic ring is 1. The molecule has 1 aliphatic rings. The van der Waals surface area contributed by atoms with Gasteiger partial charge >= 0.3 is 0 Å². The number of carbonyl (C=O) groups excluding carboxylic acids is 3. The number of carbonyl (C=O) groups is 3. The van der Waals surface area contributed by atoms with Crippen LogP contribution >= 0.6 is 0 Å². The maximum absolute atomic E-state index is 13.5. The second-order valence-electron chi connectivity index (χ2n) is 7.27. The molecule has 0 unspecified atom stereocenters. The Hall–Kier alpha value is -3.98. The monoisotopic (exact) mass is 449 g/mol. The van der Waals surface area contributed by atoms with Gasteiger partial charge in [0.1, 0.15) is 0 Å². The Bertz CT molecular complexity index is 1390. The zero-order chi connectivity index (χ0) is 23.0. The summed E-state index contributed by atoms with van der Waals surface area (Å²) >= 11 is 0. The molecular formula is C23H19N3O5S. The van der Waals surface area contributed by atoms with E-state index < -0.39 is 21.6 Å². The number of anilines is 1. The van der Waals surface area contributed by atoms with Crippen LogP contribution in [0, 0.1) is 0 Å². The van der Waals surface area contributed by atoms with E-state index in [0.29, 0.717) is 16.8 Å². The number of rotatable bonds is 5. The van der Waals surface area contributed by atoms with Gasteiger partial charge in [0.25, 0.3) is 10.0 Å². The molecule has 0 spiro atoms. The highest BCUT2D eigenvalue weighted by molar-refractivity contribution is 7.90. The van der Waals surface area contributed by atoms with Crippen LogP contribution in [0.5, 0.6) is 0 Å². The average molecular weight is 449 g/mol. The van der Waals surface area contributed by atoms with Gasteiger partial charge in [0, 0.05) is 36.5 Å². The Morgan fingerprint density at radius 1 is 1.03 bits per heavy atom. The van der Waals surface area contributed by atoms with Gasteiger partial charge in [-0.1, -0.05) is 30.3 Å². The van der Waals surface area contributed by atoms with E-state index in [4.69, 9.17) is 5.73 Å². The van der Waals surface area contributed by atoms with E-state index in [-0.39, 0.29) is 34.2 Å². The van der Waals surface area contributed by atoms with Gasteiger partial charge in [-0.05, 0) is 35.9 Å². The second-order valence-corrected chi connectivity index (χ2v) is 9.09. The second kappa shape index (κ2) is 7.93. The highest BCUT2D eigenvalue weighted by atomic mass is 32.2. The number of aromatic nitrogens is 1. The van der Waals surface area contributed by atoms with Crippen molar-refractivity contribution in [3.8, 4) is 11.1 Å². The van der Waals surface area contributed by atoms with Crippen LogP contribution in [0.25, 0.3) is 16.7 Å². The third kappa shape index (κ3) is 3.63. The summed E-state index contributed by atoms with van der Waals surface area (Å²) in [6.45, 7) is 1.19. The van der Waals surface area contributed by atoms with E-state index in [1.165, 1.54) is 37.4 Å². The van der Waals surface area contributed by atoms with E-state index in [2.05, 4.69) is 5.32 Å². The van der Waals surface area contributed by atoms with Crippen molar-refractivity contribution in [2.75, 3.05) is 12.3 Å². The van der Waals surface area contributed by atoms with Gasteiger partial charge in [-0.3, -0.25) is 14.4 Å². The predicted molar refractivity (Wildman–Crippen MR) is 119 cm³/mol. The average Bonchev–Trinajstić information content (AvgIpc) is 3.18. The normalized spacial score (nSPS) is 13.5. The maximum atomic E-state index is 13.5. The van der Waals surface area contributed by atoms with Gasteiger partial charge in [-0.25, -0.2) is 12.4 Å². The molecule has 2 aromatic carbocycles. The first-order valence-corrected chi connectivity index (χ1v) is 11.1. The third-order valence-electron chi connectivity index (χ3n) is 5.08. The Kier molecular flexibility index (Phi) is 5.27. The summed E-state index contributed by atoms with van der Waals surface area (Å²) < 4.78 is 28.1. The Labute approximate surface area is 184 Å². The summed E-state index contributed by atoms with van der Waals surface area (Å²) in [5.74, 6) is -1.95. The largest absolute Gasteiger partial charge is 0.399 e. The van der Waals surface area contributed by atoms with Crippen LogP contribution in [0.4, 0.5) is 5.69 Å². The van der Waals surface area contributed by atoms with Crippen LogP contribution < -0.4 is 11.1 Å². The third-order valence-corrected chi connectivity index (χ3v) is 6.76. The molecule has 3 aromatic rings. The number of nitrogens with two attached hydrogens (primary N) is 1. The fourth-order valence-electron chi connectivity index (χ4n) is 3.57. The summed E-state index contributed by atoms with van der Waals surface area (Å²) in [6.07, 6.45) is 2.41. The van der Waals surface area contributed by atoms with Gasteiger partial charge in [0.2, 0.25) is 17.5 Å². The zero-order valence-electron chi connectivity index (χ0n) is 17.0. The fourth-order valence-corrected chi connectivity index (χ4v) is 4.97. The zero-order valence-corrected chi connectivity index (χ0v) is 17.8. The molecule has 3 N–H and O–H groups in total. The number of Topliss-reactive ketones (excluding diaryl/α,β-unsaturated/α-hetero) is 1. The lowest BCUT2D eigenvalue weighted by Gasteiger charge is -2.18. The standard InChI is InChI=1S/C23H19N3O5S/c1-14(27)25-12-16-11-20(28)23(29)21-19(15-5-3-2-4-6-15)13-26(22(16)21)32(30,31)18-9-7-17(24)8-10-18/h2-11,13H,12,24H2,1H3,(H,25,27). The molecular weight excluding hydrogens is 430 g/mol. The lowest BCUT2D eigenvalue weighted by atomic mass is 9.90. The van der Waals surface area contributed by atoms with E-state index in [1.807, 2.05) is 0 Å². The molecule has 1 heterocycles. The summed E-state index contributed by atoms with van der Waals surface area (Å²) in [5.41, 5.74) is 7.25. The molecule has 0 aliphatic heterocycles. The molecule has 0 bridgehead atoms. The minimum atomic E-state index is -4.15. The smallest absolute Gasteiger partial charge is 0.268 e. The molecule has 0 fully saturated rings. The number of amides is 1. The number of benzene rings is 2. The van der Waals surface area contributed by atoms with Crippen LogP contribution in [0.15, 0.2) is 71.8 Å². The molecule has 32 heavy (non-hydrogen) atoms. The Morgan fingerprint density at radius 3 is 2.31 bits per heavy atom. The first-order chi connectivity index (χ1) is 15.2. The van der Waals surface area contributed by atoms with Crippen molar-refractivity contribution in [2.24, 2.45) is 0 Å². The number of allylic oxidation sites excluding steroid dienone is 1. The van der Waals surface area contributed by atoms with Crippen molar-refractivity contribution in [2.45, 2.75) is 11.8 Å². The first-order valence-electron chi connectivity index (χ1n) is 9.66. The molecule has 162 valence electrons. The van der Waals surface area contributed by atoms with Crippen molar-refractivity contribution in [1.82, 2.24) is 9.29 Å². The SMILES string of the molecule is CC(=O)NCC1=CC(=O)C(=O)c2c(-c3ccccc3)cn(S(=O)(=O)c3ccc(N)cc3)c21. The summed E-state index contributed by atoms with van der Waals surface area (Å²) in [4.78, 5) is 36.8. The molecule has 0 saturated heterocycles. The van der Waals surface area contributed by atoms with Crippen LogP contribution in [0.1, 0.15) is 23.0 Å². The minimum absolute atomic E-state index is 0.0110. The van der Waals surface area contributed by atoms with Crippen LogP contribution in [0.2, 0.25) is 0 Å². The maximum Gasteiger partial charge on any atom is 0.268 e. The van der Waals surface area contributed by atoms with Crippen molar-refractivity contribution in [3.05, 3.63) is 78.1 Å². The summed E-state index contributed by atoms with van der Waals surface area (Å²) in [5, 5.41) is 2.57. The van der Waals surface area contributed by atoms with Gasteiger partial charge in [-0.2, -0.15) is 0 Å². The molecule has 0 radical (unpaired) electrons. The Balaban J connectivity index is 2.01. The van der Waals surface area contributed by atoms with Crippen LogP contribution in [0.3, 0.4) is 0 Å². The number of nitrogens with one attached hydrogen (secondary N) is 1. The lowest BCUT2D eigenvalue weighted by Crippen LogP contribution is -2.28. The van der Waals surface area contributed by atoms with Crippen LogP contribution in [-0.2, 0) is 19.6 Å². The van der Waals surface area contributed by atoms with Gasteiger partial charge in [0.15, 0.2) is 0 Å². The number of hydrogen-bond acceptors (Lipinski definition) is 6. The number of ketones is 2.